The summed E-state index contributed by atoms with van der Waals surface area (Å²) in [6, 6.07) is 10.5. The number of anilines is 1. The maximum atomic E-state index is 14.3. The van der Waals surface area contributed by atoms with Crippen LogP contribution in [-0.4, -0.2) is 25.0 Å². The van der Waals surface area contributed by atoms with Crippen molar-refractivity contribution in [3.05, 3.63) is 71.4 Å². The van der Waals surface area contributed by atoms with Crippen LogP contribution in [0, 0.1) is 11.7 Å². The van der Waals surface area contributed by atoms with Gasteiger partial charge in [-0.3, -0.25) is 4.98 Å². The van der Waals surface area contributed by atoms with Crippen molar-refractivity contribution in [1.82, 2.24) is 25.0 Å². The first-order valence-electron chi connectivity index (χ1n) is 11.2. The van der Waals surface area contributed by atoms with E-state index in [2.05, 4.69) is 20.3 Å². The van der Waals surface area contributed by atoms with E-state index in [1.807, 2.05) is 29.8 Å². The third-order valence-corrected chi connectivity index (χ3v) is 6.35. The number of nitrogen functional groups attached to an aromatic ring is 1. The molecule has 2 N–H and O–H groups in total. The van der Waals surface area contributed by atoms with Gasteiger partial charge in [0.15, 0.2) is 11.6 Å². The topological polar surface area (TPSA) is 91.7 Å². The van der Waals surface area contributed by atoms with Gasteiger partial charge in [-0.05, 0) is 61.6 Å². The largest absolute Gasteiger partial charge is 0.482 e. The van der Waals surface area contributed by atoms with Crippen LogP contribution in [0.4, 0.5) is 10.2 Å². The number of fused-ring (bicyclic) bond motifs is 7. The van der Waals surface area contributed by atoms with Gasteiger partial charge in [-0.15, -0.1) is 5.10 Å². The van der Waals surface area contributed by atoms with Gasteiger partial charge in [0.1, 0.15) is 11.9 Å². The molecular formula is C25H23FN6O. The van der Waals surface area contributed by atoms with E-state index in [0.29, 0.717) is 23.7 Å². The summed E-state index contributed by atoms with van der Waals surface area (Å²) >= 11 is 0. The highest BCUT2D eigenvalue weighted by molar-refractivity contribution is 5.71. The summed E-state index contributed by atoms with van der Waals surface area (Å²) in [5.41, 5.74) is 12.0. The van der Waals surface area contributed by atoms with E-state index in [1.165, 1.54) is 25.0 Å². The zero-order valence-corrected chi connectivity index (χ0v) is 18.2. The number of nitrogens with zero attached hydrogens (tertiary/aromatic N) is 5. The second-order valence-corrected chi connectivity index (χ2v) is 8.80. The van der Waals surface area contributed by atoms with Crippen LogP contribution in [0.3, 0.4) is 0 Å². The standard InChI is InChI=1S/C25H23FN6O/c1-14-20-11-18(26)6-7-19(20)23-16(3-2-8-28-23)9-21-24(32(31-30-21)13-15-4-5-15)17-10-22(33-14)25(27)29-12-17/h2-3,6-8,10-12,14-15H,4-5,9,13H2,1H3,(H2,27,29)/t14-/m1/s1. The molecule has 8 heteroatoms. The number of hydrogen-bond acceptors (Lipinski definition) is 6. The molecule has 1 saturated carbocycles. The molecule has 0 saturated heterocycles. The van der Waals surface area contributed by atoms with Crippen LogP contribution >= 0.6 is 0 Å². The molecule has 4 aromatic rings. The van der Waals surface area contributed by atoms with Gasteiger partial charge in [-0.2, -0.15) is 0 Å². The molecule has 2 bridgehead atoms. The Labute approximate surface area is 190 Å². The van der Waals surface area contributed by atoms with Gasteiger partial charge in [-0.1, -0.05) is 11.3 Å². The number of pyridine rings is 2. The van der Waals surface area contributed by atoms with Crippen LogP contribution in [0.1, 0.15) is 42.7 Å². The van der Waals surface area contributed by atoms with Gasteiger partial charge in [0.25, 0.3) is 0 Å². The minimum Gasteiger partial charge on any atom is -0.482 e. The van der Waals surface area contributed by atoms with Crippen molar-refractivity contribution >= 4 is 5.82 Å². The fraction of sp³-hybridized carbons (Fsp3) is 0.280. The summed E-state index contributed by atoms with van der Waals surface area (Å²) in [6.45, 7) is 2.70. The first kappa shape index (κ1) is 19.8. The lowest BCUT2D eigenvalue weighted by Gasteiger charge is -2.21. The number of halogens is 1. The third kappa shape index (κ3) is 3.61. The van der Waals surface area contributed by atoms with Gasteiger partial charge in [-0.25, -0.2) is 14.1 Å². The van der Waals surface area contributed by atoms with Crippen LogP contribution in [0.15, 0.2) is 48.8 Å². The van der Waals surface area contributed by atoms with Crippen LogP contribution in [0.5, 0.6) is 5.75 Å². The first-order chi connectivity index (χ1) is 16.1. The molecule has 166 valence electrons. The smallest absolute Gasteiger partial charge is 0.166 e. The second-order valence-electron chi connectivity index (χ2n) is 8.80. The quantitative estimate of drug-likeness (QED) is 0.489. The molecule has 1 aliphatic heterocycles. The third-order valence-electron chi connectivity index (χ3n) is 6.35. The molecule has 6 rings (SSSR count). The lowest BCUT2D eigenvalue weighted by atomic mass is 9.94. The monoisotopic (exact) mass is 442 g/mol. The number of nitrogens with two attached hydrogens (primary N) is 1. The maximum absolute atomic E-state index is 14.3. The fourth-order valence-corrected chi connectivity index (χ4v) is 4.48. The predicted molar refractivity (Wildman–Crippen MR) is 122 cm³/mol. The normalized spacial score (nSPS) is 17.1. The lowest BCUT2D eigenvalue weighted by Crippen LogP contribution is -2.11. The summed E-state index contributed by atoms with van der Waals surface area (Å²) in [5.74, 6) is 1.02. The molecule has 33 heavy (non-hydrogen) atoms. The molecule has 0 amide bonds. The van der Waals surface area contributed by atoms with E-state index in [4.69, 9.17) is 10.5 Å². The van der Waals surface area contributed by atoms with Crippen molar-refractivity contribution in [2.24, 2.45) is 5.92 Å². The summed E-state index contributed by atoms with van der Waals surface area (Å²) in [6.07, 6.45) is 5.97. The van der Waals surface area contributed by atoms with E-state index >= 15 is 0 Å². The van der Waals surface area contributed by atoms with Crippen molar-refractivity contribution in [1.29, 1.82) is 0 Å². The van der Waals surface area contributed by atoms with Crippen molar-refractivity contribution in [2.75, 3.05) is 5.73 Å². The zero-order valence-electron chi connectivity index (χ0n) is 18.2. The van der Waals surface area contributed by atoms with Crippen molar-refractivity contribution in [2.45, 2.75) is 38.8 Å². The molecule has 3 aromatic heterocycles. The SMILES string of the molecule is C[C@H]1Oc2cc(cnc2N)-c2c(nnn2CC2CC2)Cc2cccnc2-c2ccc(F)cc21. The summed E-state index contributed by atoms with van der Waals surface area (Å²) in [5, 5.41) is 9.04. The van der Waals surface area contributed by atoms with Gasteiger partial charge in [0, 0.05) is 42.0 Å². The molecule has 0 radical (unpaired) electrons. The Balaban J connectivity index is 1.60. The molecule has 1 atom stereocenters. The molecule has 1 aliphatic carbocycles. The van der Waals surface area contributed by atoms with Crippen LogP contribution in [0.2, 0.25) is 0 Å². The maximum Gasteiger partial charge on any atom is 0.166 e. The van der Waals surface area contributed by atoms with Crippen molar-refractivity contribution in [3.63, 3.8) is 0 Å². The highest BCUT2D eigenvalue weighted by Crippen LogP contribution is 2.39. The van der Waals surface area contributed by atoms with E-state index in [1.54, 1.807) is 18.5 Å². The molecule has 2 aliphatic rings. The van der Waals surface area contributed by atoms with E-state index in [0.717, 1.165) is 40.3 Å². The molecule has 0 unspecified atom stereocenters. The Hall–Kier alpha value is -3.81. The summed E-state index contributed by atoms with van der Waals surface area (Å²) in [7, 11) is 0. The number of ether oxygens (including phenoxy) is 1. The fourth-order valence-electron chi connectivity index (χ4n) is 4.48. The number of rotatable bonds is 2. The van der Waals surface area contributed by atoms with Gasteiger partial charge < -0.3 is 10.5 Å². The van der Waals surface area contributed by atoms with Crippen molar-refractivity contribution < 1.29 is 9.13 Å². The van der Waals surface area contributed by atoms with Gasteiger partial charge in [0.2, 0.25) is 0 Å². The lowest BCUT2D eigenvalue weighted by molar-refractivity contribution is 0.227. The minimum atomic E-state index is -0.474. The molecule has 0 spiro atoms. The Morgan fingerprint density at radius 3 is 2.91 bits per heavy atom. The van der Waals surface area contributed by atoms with E-state index < -0.39 is 6.10 Å². The minimum absolute atomic E-state index is 0.280. The molecular weight excluding hydrogens is 419 g/mol. The van der Waals surface area contributed by atoms with E-state index in [9.17, 15) is 4.39 Å². The Bertz CT molecular complexity index is 1360. The molecule has 1 aromatic carbocycles. The van der Waals surface area contributed by atoms with Crippen LogP contribution in [0.25, 0.3) is 22.5 Å². The molecule has 4 heterocycles. The first-order valence-corrected chi connectivity index (χ1v) is 11.2. The highest BCUT2D eigenvalue weighted by Gasteiger charge is 2.27. The highest BCUT2D eigenvalue weighted by atomic mass is 19.1. The average Bonchev–Trinajstić information content (AvgIpc) is 3.54. The Morgan fingerprint density at radius 1 is 1.18 bits per heavy atom. The Morgan fingerprint density at radius 2 is 2.06 bits per heavy atom. The number of hydrogen-bond donors (Lipinski definition) is 1. The van der Waals surface area contributed by atoms with Crippen LogP contribution < -0.4 is 10.5 Å². The zero-order chi connectivity index (χ0) is 22.5. The number of benzene rings is 1. The molecule has 1 fully saturated rings. The summed E-state index contributed by atoms with van der Waals surface area (Å²) in [4.78, 5) is 9.06. The van der Waals surface area contributed by atoms with E-state index in [-0.39, 0.29) is 11.6 Å². The average molecular weight is 442 g/mol. The Kier molecular flexibility index (Phi) is 4.60. The van der Waals surface area contributed by atoms with Crippen molar-refractivity contribution in [3.8, 4) is 28.3 Å². The second kappa shape index (κ2) is 7.65. The van der Waals surface area contributed by atoms with Gasteiger partial charge >= 0.3 is 0 Å². The van der Waals surface area contributed by atoms with Gasteiger partial charge in [0.05, 0.1) is 17.1 Å². The summed E-state index contributed by atoms with van der Waals surface area (Å²) < 4.78 is 22.5. The van der Waals surface area contributed by atoms with Crippen LogP contribution in [-0.2, 0) is 13.0 Å². The predicted octanol–water partition coefficient (Wildman–Crippen LogP) is 4.58. The number of aromatic nitrogens is 5. The molecule has 7 nitrogen and oxygen atoms in total.